The molecule has 2 rings (SSSR count). The second-order valence-electron chi connectivity index (χ2n) is 4.66. The minimum Gasteiger partial charge on any atom is -0.389 e. The summed E-state index contributed by atoms with van der Waals surface area (Å²) in [5, 5.41) is 0. The lowest BCUT2D eigenvalue weighted by Gasteiger charge is -2.27. The molecule has 0 atom stereocenters. The van der Waals surface area contributed by atoms with Gasteiger partial charge in [-0.1, -0.05) is 12.2 Å². The zero-order valence-electron chi connectivity index (χ0n) is 10.4. The molecule has 0 aliphatic heterocycles. The van der Waals surface area contributed by atoms with Gasteiger partial charge in [-0.25, -0.2) is 4.98 Å². The molecule has 19 heavy (non-hydrogen) atoms. The Balaban J connectivity index is 2.42. The van der Waals surface area contributed by atoms with Crippen molar-refractivity contribution < 1.29 is 13.2 Å². The minimum atomic E-state index is -4.28. The number of hydrogen-bond donors (Lipinski definition) is 1. The van der Waals surface area contributed by atoms with Crippen molar-refractivity contribution in [2.24, 2.45) is 5.73 Å². The summed E-state index contributed by atoms with van der Waals surface area (Å²) in [6, 6.07) is 1.57. The Kier molecular flexibility index (Phi) is 3.66. The third kappa shape index (κ3) is 3.34. The van der Waals surface area contributed by atoms with E-state index in [-0.39, 0.29) is 16.8 Å². The molecular weight excluding hydrogens is 275 g/mol. The summed E-state index contributed by atoms with van der Waals surface area (Å²) in [7, 11) is 0. The highest BCUT2D eigenvalue weighted by Crippen LogP contribution is 2.35. The first-order chi connectivity index (χ1) is 8.79. The van der Waals surface area contributed by atoms with Gasteiger partial charge in [-0.3, -0.25) is 0 Å². The van der Waals surface area contributed by atoms with E-state index in [1.165, 1.54) is 11.1 Å². The molecule has 1 aromatic rings. The number of hydrogen-bond acceptors (Lipinski definition) is 3. The molecule has 1 aliphatic carbocycles. The number of nitrogens with two attached hydrogens (primary N) is 1. The molecule has 0 spiro atoms. The molecule has 0 amide bonds. The number of halogens is 3. The van der Waals surface area contributed by atoms with Crippen molar-refractivity contribution in [3.8, 4) is 0 Å². The molecule has 0 bridgehead atoms. The van der Waals surface area contributed by atoms with Gasteiger partial charge < -0.3 is 10.6 Å². The van der Waals surface area contributed by atoms with Crippen LogP contribution in [0.25, 0.3) is 0 Å². The van der Waals surface area contributed by atoms with Crippen LogP contribution in [-0.4, -0.2) is 28.7 Å². The van der Waals surface area contributed by atoms with Crippen LogP contribution in [0.2, 0.25) is 0 Å². The molecule has 1 aromatic heterocycles. The fourth-order valence-corrected chi connectivity index (χ4v) is 2.27. The first-order valence-corrected chi connectivity index (χ1v) is 6.29. The van der Waals surface area contributed by atoms with Crippen LogP contribution in [0.1, 0.15) is 24.0 Å². The van der Waals surface area contributed by atoms with Crippen LogP contribution in [0.5, 0.6) is 0 Å². The van der Waals surface area contributed by atoms with Gasteiger partial charge in [-0.2, -0.15) is 13.2 Å². The molecule has 0 saturated heterocycles. The van der Waals surface area contributed by atoms with E-state index in [1.807, 2.05) is 0 Å². The summed E-state index contributed by atoms with van der Waals surface area (Å²) < 4.78 is 38.0. The lowest BCUT2D eigenvalue weighted by molar-refractivity contribution is -0.120. The highest BCUT2D eigenvalue weighted by molar-refractivity contribution is 7.80. The largest absolute Gasteiger partial charge is 0.405 e. The fourth-order valence-electron chi connectivity index (χ4n) is 2.02. The molecule has 1 fully saturated rings. The van der Waals surface area contributed by atoms with Gasteiger partial charge in [0.05, 0.1) is 5.56 Å². The monoisotopic (exact) mass is 289 g/mol. The van der Waals surface area contributed by atoms with Crippen molar-refractivity contribution in [3.05, 3.63) is 23.4 Å². The Morgan fingerprint density at radius 1 is 1.53 bits per heavy atom. The highest BCUT2D eigenvalue weighted by atomic mass is 32.1. The van der Waals surface area contributed by atoms with Crippen LogP contribution < -0.4 is 10.6 Å². The second kappa shape index (κ2) is 4.96. The van der Waals surface area contributed by atoms with E-state index in [1.54, 1.807) is 13.0 Å². The highest BCUT2D eigenvalue weighted by Gasteiger charge is 2.39. The number of anilines is 1. The van der Waals surface area contributed by atoms with Crippen molar-refractivity contribution in [1.82, 2.24) is 4.98 Å². The number of nitrogens with zero attached hydrogens (tertiary/aromatic N) is 2. The molecule has 0 aromatic carbocycles. The molecule has 1 saturated carbocycles. The molecule has 0 unspecified atom stereocenters. The molecule has 104 valence electrons. The van der Waals surface area contributed by atoms with E-state index in [9.17, 15) is 13.2 Å². The van der Waals surface area contributed by atoms with Crippen LogP contribution in [0.15, 0.2) is 12.3 Å². The van der Waals surface area contributed by atoms with Gasteiger partial charge in [0.1, 0.15) is 17.4 Å². The predicted octanol–water partition coefficient (Wildman–Crippen LogP) is 2.56. The smallest absolute Gasteiger partial charge is 0.389 e. The van der Waals surface area contributed by atoms with E-state index in [2.05, 4.69) is 4.98 Å². The van der Waals surface area contributed by atoms with Crippen LogP contribution in [0.4, 0.5) is 19.0 Å². The standard InChI is InChI=1S/C12H14F3N3S/c1-7-4-5-17-11(9(7)10(16)19)18(8-2-3-8)6-12(13,14)15/h4-5,8H,2-3,6H2,1H3,(H2,16,19). The summed E-state index contributed by atoms with van der Waals surface area (Å²) in [5.41, 5.74) is 6.80. The molecular formula is C12H14F3N3S. The number of thiocarbonyl (C=S) groups is 1. The first-order valence-electron chi connectivity index (χ1n) is 5.88. The van der Waals surface area contributed by atoms with E-state index < -0.39 is 12.7 Å². The zero-order chi connectivity index (χ0) is 14.2. The molecule has 3 nitrogen and oxygen atoms in total. The number of aromatic nitrogens is 1. The quantitative estimate of drug-likeness (QED) is 0.865. The topological polar surface area (TPSA) is 42.2 Å². The van der Waals surface area contributed by atoms with Crippen LogP contribution in [-0.2, 0) is 0 Å². The third-order valence-corrected chi connectivity index (χ3v) is 3.20. The lowest BCUT2D eigenvalue weighted by Crippen LogP contribution is -2.38. The molecule has 2 N–H and O–H groups in total. The van der Waals surface area contributed by atoms with Crippen molar-refractivity contribution in [1.29, 1.82) is 0 Å². The maximum atomic E-state index is 12.7. The van der Waals surface area contributed by atoms with Gasteiger partial charge in [-0.05, 0) is 31.4 Å². The summed E-state index contributed by atoms with van der Waals surface area (Å²) in [4.78, 5) is 5.41. The van der Waals surface area contributed by atoms with E-state index in [4.69, 9.17) is 18.0 Å². The van der Waals surface area contributed by atoms with Gasteiger partial charge in [0.15, 0.2) is 0 Å². The van der Waals surface area contributed by atoms with Gasteiger partial charge >= 0.3 is 6.18 Å². The number of rotatable bonds is 4. The maximum absolute atomic E-state index is 12.7. The number of aryl methyl sites for hydroxylation is 1. The van der Waals surface area contributed by atoms with Crippen LogP contribution in [0.3, 0.4) is 0 Å². The summed E-state index contributed by atoms with van der Waals surface area (Å²) in [6.07, 6.45) is -1.31. The van der Waals surface area contributed by atoms with Crippen LogP contribution >= 0.6 is 12.2 Å². The summed E-state index contributed by atoms with van der Waals surface area (Å²) in [6.45, 7) is 0.738. The average molecular weight is 289 g/mol. The van der Waals surface area contributed by atoms with Gasteiger partial charge in [0.25, 0.3) is 0 Å². The van der Waals surface area contributed by atoms with E-state index >= 15 is 0 Å². The Morgan fingerprint density at radius 3 is 2.63 bits per heavy atom. The van der Waals surface area contributed by atoms with E-state index in [0.29, 0.717) is 5.56 Å². The average Bonchev–Trinajstić information content (AvgIpc) is 3.07. The number of pyridine rings is 1. The van der Waals surface area contributed by atoms with Gasteiger partial charge in [0, 0.05) is 12.2 Å². The minimum absolute atomic E-state index is 0.0772. The second-order valence-corrected chi connectivity index (χ2v) is 5.10. The third-order valence-electron chi connectivity index (χ3n) is 3.00. The summed E-state index contributed by atoms with van der Waals surface area (Å²) >= 11 is 4.93. The molecule has 1 heterocycles. The first kappa shape index (κ1) is 14.0. The Hall–Kier alpha value is -1.37. The lowest BCUT2D eigenvalue weighted by atomic mass is 10.1. The normalized spacial score (nSPS) is 15.4. The van der Waals surface area contributed by atoms with Crippen molar-refractivity contribution in [2.45, 2.75) is 32.0 Å². The zero-order valence-corrected chi connectivity index (χ0v) is 11.2. The van der Waals surface area contributed by atoms with Crippen LogP contribution in [0, 0.1) is 6.92 Å². The van der Waals surface area contributed by atoms with Crippen molar-refractivity contribution in [2.75, 3.05) is 11.4 Å². The number of alkyl halides is 3. The predicted molar refractivity (Wildman–Crippen MR) is 71.3 cm³/mol. The maximum Gasteiger partial charge on any atom is 0.405 e. The van der Waals surface area contributed by atoms with Gasteiger partial charge in [-0.15, -0.1) is 0 Å². The Morgan fingerprint density at radius 2 is 2.16 bits per heavy atom. The van der Waals surface area contributed by atoms with E-state index in [0.717, 1.165) is 18.4 Å². The van der Waals surface area contributed by atoms with Crippen molar-refractivity contribution in [3.63, 3.8) is 0 Å². The molecule has 7 heteroatoms. The van der Waals surface area contributed by atoms with Gasteiger partial charge in [0.2, 0.25) is 0 Å². The Labute approximate surface area is 114 Å². The Bertz CT molecular complexity index is 497. The molecule has 0 radical (unpaired) electrons. The van der Waals surface area contributed by atoms with Crippen molar-refractivity contribution >= 4 is 23.0 Å². The fraction of sp³-hybridized carbons (Fsp3) is 0.500. The molecule has 1 aliphatic rings. The SMILES string of the molecule is Cc1ccnc(N(CC(F)(F)F)C2CC2)c1C(N)=S. The summed E-state index contributed by atoms with van der Waals surface area (Å²) in [5.74, 6) is 0.243.